The van der Waals surface area contributed by atoms with E-state index in [2.05, 4.69) is 10.3 Å². The summed E-state index contributed by atoms with van der Waals surface area (Å²) in [6.07, 6.45) is 0.104. The summed E-state index contributed by atoms with van der Waals surface area (Å²) in [5.41, 5.74) is 7.07. The molecule has 8 heteroatoms. The van der Waals surface area contributed by atoms with Gasteiger partial charge in [-0.1, -0.05) is 30.3 Å². The molecule has 0 spiro atoms. The highest BCUT2D eigenvalue weighted by atomic mass is 35.5. The van der Waals surface area contributed by atoms with Crippen LogP contribution in [0.4, 0.5) is 5.13 Å². The van der Waals surface area contributed by atoms with E-state index in [1.807, 2.05) is 30.3 Å². The maximum absolute atomic E-state index is 11.7. The fraction of sp³-hybridized carbons (Fsp3) is 0.267. The van der Waals surface area contributed by atoms with Crippen LogP contribution in [0, 0.1) is 0 Å². The van der Waals surface area contributed by atoms with Gasteiger partial charge >= 0.3 is 5.97 Å². The first-order valence-corrected chi connectivity index (χ1v) is 7.51. The van der Waals surface area contributed by atoms with E-state index in [9.17, 15) is 9.59 Å². The summed E-state index contributed by atoms with van der Waals surface area (Å²) in [5.74, 6) is -0.677. The lowest BCUT2D eigenvalue weighted by atomic mass is 10.1. The predicted molar refractivity (Wildman–Crippen MR) is 92.8 cm³/mol. The summed E-state index contributed by atoms with van der Waals surface area (Å²) in [7, 11) is 1.34. The molecule has 6 nitrogen and oxygen atoms in total. The molecule has 2 aromatic rings. The third-order valence-corrected chi connectivity index (χ3v) is 3.89. The highest BCUT2D eigenvalue weighted by Crippen LogP contribution is 2.31. The third-order valence-electron chi connectivity index (χ3n) is 2.92. The Morgan fingerprint density at radius 3 is 2.57 bits per heavy atom. The van der Waals surface area contributed by atoms with E-state index in [0.717, 1.165) is 10.4 Å². The second-order valence-corrected chi connectivity index (χ2v) is 5.77. The topological polar surface area (TPSA) is 94.3 Å². The Morgan fingerprint density at radius 1 is 1.35 bits per heavy atom. The van der Waals surface area contributed by atoms with Crippen molar-refractivity contribution < 1.29 is 14.3 Å². The van der Waals surface area contributed by atoms with E-state index in [1.54, 1.807) is 6.92 Å². The van der Waals surface area contributed by atoms with Crippen LogP contribution in [0.2, 0.25) is 0 Å². The number of nitrogens with two attached hydrogens (primary N) is 1. The lowest BCUT2D eigenvalue weighted by molar-refractivity contribution is -0.139. The van der Waals surface area contributed by atoms with Crippen molar-refractivity contribution in [1.29, 1.82) is 0 Å². The number of esters is 1. The fourth-order valence-corrected chi connectivity index (χ4v) is 2.74. The van der Waals surface area contributed by atoms with Gasteiger partial charge in [-0.2, -0.15) is 0 Å². The van der Waals surface area contributed by atoms with Gasteiger partial charge in [-0.25, -0.2) is 4.98 Å². The van der Waals surface area contributed by atoms with Gasteiger partial charge in [0.05, 0.1) is 25.3 Å². The van der Waals surface area contributed by atoms with Crippen molar-refractivity contribution in [3.8, 4) is 11.3 Å². The Morgan fingerprint density at radius 2 is 2.00 bits per heavy atom. The molecule has 0 fully saturated rings. The number of hydrogen-bond acceptors (Lipinski definition) is 6. The van der Waals surface area contributed by atoms with Crippen LogP contribution in [0.15, 0.2) is 30.3 Å². The third kappa shape index (κ3) is 5.02. The van der Waals surface area contributed by atoms with Gasteiger partial charge in [0.1, 0.15) is 0 Å². The largest absolute Gasteiger partial charge is 0.469 e. The van der Waals surface area contributed by atoms with Gasteiger partial charge in [0.15, 0.2) is 5.13 Å². The number of hydrogen-bond donors (Lipinski definition) is 2. The first kappa shape index (κ1) is 19.1. The van der Waals surface area contributed by atoms with Crippen molar-refractivity contribution in [1.82, 2.24) is 4.98 Å². The Kier molecular flexibility index (Phi) is 7.15. The smallest absolute Gasteiger partial charge is 0.310 e. The van der Waals surface area contributed by atoms with Gasteiger partial charge in [0, 0.05) is 10.4 Å². The fourth-order valence-electron chi connectivity index (χ4n) is 1.77. The van der Waals surface area contributed by atoms with Crippen LogP contribution in [-0.2, 0) is 20.7 Å². The van der Waals surface area contributed by atoms with E-state index in [-0.39, 0.29) is 30.7 Å². The first-order chi connectivity index (χ1) is 10.5. The van der Waals surface area contributed by atoms with Crippen LogP contribution in [0.25, 0.3) is 11.3 Å². The molecule has 1 aromatic carbocycles. The summed E-state index contributed by atoms with van der Waals surface area (Å²) in [6.45, 7) is 1.59. The standard InChI is InChI=1S/C15H17N3O3S.ClH/c1-9(16)14(20)18-15-17-13(10-6-4-3-5-7-10)11(22-15)8-12(19)21-2;/h3-7,9H,8,16H2,1-2H3,(H,17,18,20);1H/t9-;/m0./s1. The number of ether oxygens (including phenoxy) is 1. The molecule has 0 saturated heterocycles. The molecule has 1 heterocycles. The average Bonchev–Trinajstić information content (AvgIpc) is 2.90. The van der Waals surface area contributed by atoms with E-state index < -0.39 is 6.04 Å². The van der Waals surface area contributed by atoms with E-state index >= 15 is 0 Å². The first-order valence-electron chi connectivity index (χ1n) is 6.69. The highest BCUT2D eigenvalue weighted by molar-refractivity contribution is 7.16. The van der Waals surface area contributed by atoms with Gasteiger partial charge in [-0.15, -0.1) is 23.7 Å². The predicted octanol–water partition coefficient (Wildman–Crippen LogP) is 2.23. The highest BCUT2D eigenvalue weighted by Gasteiger charge is 2.18. The summed E-state index contributed by atoms with van der Waals surface area (Å²) in [5, 5.41) is 3.07. The van der Waals surface area contributed by atoms with Crippen LogP contribution >= 0.6 is 23.7 Å². The number of nitrogens with one attached hydrogen (secondary N) is 1. The normalized spacial score (nSPS) is 11.3. The molecular weight excluding hydrogens is 338 g/mol. The van der Waals surface area contributed by atoms with Crippen molar-refractivity contribution in [2.24, 2.45) is 5.73 Å². The second kappa shape index (κ2) is 8.61. The van der Waals surface area contributed by atoms with Crippen molar-refractivity contribution in [3.05, 3.63) is 35.2 Å². The Labute approximate surface area is 144 Å². The van der Waals surface area contributed by atoms with Crippen LogP contribution < -0.4 is 11.1 Å². The zero-order valence-electron chi connectivity index (χ0n) is 12.7. The molecule has 0 saturated carbocycles. The number of carbonyl (C=O) groups excluding carboxylic acids is 2. The van der Waals surface area contributed by atoms with E-state index in [1.165, 1.54) is 18.4 Å². The molecule has 0 aliphatic rings. The van der Waals surface area contributed by atoms with Gasteiger partial charge in [-0.05, 0) is 6.92 Å². The summed E-state index contributed by atoms with van der Waals surface area (Å²) < 4.78 is 4.71. The van der Waals surface area contributed by atoms with Gasteiger partial charge in [0.2, 0.25) is 5.91 Å². The molecule has 23 heavy (non-hydrogen) atoms. The van der Waals surface area contributed by atoms with E-state index in [0.29, 0.717) is 10.8 Å². The van der Waals surface area contributed by atoms with E-state index in [4.69, 9.17) is 10.5 Å². The van der Waals surface area contributed by atoms with Crippen LogP contribution in [0.1, 0.15) is 11.8 Å². The number of benzene rings is 1. The lowest BCUT2D eigenvalue weighted by Crippen LogP contribution is -2.32. The monoisotopic (exact) mass is 355 g/mol. The molecule has 0 aliphatic heterocycles. The number of rotatable bonds is 5. The van der Waals surface area contributed by atoms with Crippen LogP contribution in [0.5, 0.6) is 0 Å². The molecule has 0 unspecified atom stereocenters. The quantitative estimate of drug-likeness (QED) is 0.802. The van der Waals surface area contributed by atoms with Gasteiger partial charge < -0.3 is 15.8 Å². The van der Waals surface area contributed by atoms with Gasteiger partial charge in [-0.3, -0.25) is 9.59 Å². The minimum atomic E-state index is -0.631. The Bertz CT molecular complexity index is 674. The minimum absolute atomic E-state index is 0. The Hall–Kier alpha value is -1.96. The maximum atomic E-state index is 11.7. The average molecular weight is 356 g/mol. The SMILES string of the molecule is COC(=O)Cc1sc(NC(=O)[C@H](C)N)nc1-c1ccccc1.Cl. The van der Waals surface area contributed by atoms with Crippen molar-refractivity contribution >= 4 is 40.8 Å². The molecule has 0 aliphatic carbocycles. The molecule has 1 amide bonds. The van der Waals surface area contributed by atoms with Gasteiger partial charge in [0.25, 0.3) is 0 Å². The molecule has 1 atom stereocenters. The van der Waals surface area contributed by atoms with Crippen molar-refractivity contribution in [2.45, 2.75) is 19.4 Å². The molecule has 0 radical (unpaired) electrons. The second-order valence-electron chi connectivity index (χ2n) is 4.69. The van der Waals surface area contributed by atoms with Crippen LogP contribution in [0.3, 0.4) is 0 Å². The summed E-state index contributed by atoms with van der Waals surface area (Å²) in [4.78, 5) is 28.4. The zero-order valence-corrected chi connectivity index (χ0v) is 14.4. The maximum Gasteiger partial charge on any atom is 0.310 e. The number of halogens is 1. The number of thiazole rings is 1. The number of anilines is 1. The molecular formula is C15H18ClN3O3S. The Balaban J connectivity index is 0.00000264. The van der Waals surface area contributed by atoms with Crippen molar-refractivity contribution in [3.63, 3.8) is 0 Å². The zero-order chi connectivity index (χ0) is 16.1. The number of amides is 1. The molecule has 2 rings (SSSR count). The number of aromatic nitrogens is 1. The lowest BCUT2D eigenvalue weighted by Gasteiger charge is -2.03. The molecule has 1 aromatic heterocycles. The number of nitrogens with zero attached hydrogens (tertiary/aromatic N) is 1. The van der Waals surface area contributed by atoms with Crippen molar-refractivity contribution in [2.75, 3.05) is 12.4 Å². The summed E-state index contributed by atoms with van der Waals surface area (Å²) >= 11 is 1.24. The number of carbonyl (C=O) groups is 2. The summed E-state index contributed by atoms with van der Waals surface area (Å²) in [6, 6.07) is 8.83. The number of methoxy groups -OCH3 is 1. The molecule has 124 valence electrons. The van der Waals surface area contributed by atoms with Crippen LogP contribution in [-0.4, -0.2) is 30.0 Å². The molecule has 0 bridgehead atoms. The minimum Gasteiger partial charge on any atom is -0.469 e. The molecule has 3 N–H and O–H groups in total.